The summed E-state index contributed by atoms with van der Waals surface area (Å²) < 4.78 is 10.9. The molecule has 1 amide bonds. The zero-order chi connectivity index (χ0) is 15.1. The van der Waals surface area contributed by atoms with Crippen LogP contribution in [0.5, 0.6) is 11.5 Å². The van der Waals surface area contributed by atoms with Gasteiger partial charge in [0.15, 0.2) is 6.61 Å². The summed E-state index contributed by atoms with van der Waals surface area (Å²) in [7, 11) is 0. The van der Waals surface area contributed by atoms with Crippen LogP contribution in [0.15, 0.2) is 24.3 Å². The maximum absolute atomic E-state index is 12.2. The molecule has 1 saturated heterocycles. The van der Waals surface area contributed by atoms with E-state index >= 15 is 0 Å². The third kappa shape index (κ3) is 4.36. The van der Waals surface area contributed by atoms with E-state index in [2.05, 4.69) is 0 Å². The third-order valence-electron chi connectivity index (χ3n) is 3.66. The minimum atomic E-state index is -0.0670. The fraction of sp³-hybridized carbons (Fsp3) is 0.562. The fourth-order valence-corrected chi connectivity index (χ4v) is 2.55. The molecule has 1 N–H and O–H groups in total. The van der Waals surface area contributed by atoms with Gasteiger partial charge >= 0.3 is 0 Å². The maximum Gasteiger partial charge on any atom is 0.260 e. The number of aliphatic hydroxyl groups is 1. The van der Waals surface area contributed by atoms with E-state index in [1.807, 2.05) is 19.1 Å². The maximum atomic E-state index is 12.2. The number of carbonyl (C=O) groups excluding carboxylic acids is 1. The van der Waals surface area contributed by atoms with E-state index in [0.29, 0.717) is 18.9 Å². The van der Waals surface area contributed by atoms with Crippen LogP contribution in [-0.4, -0.2) is 48.3 Å². The van der Waals surface area contributed by atoms with Crippen molar-refractivity contribution in [2.45, 2.75) is 32.2 Å². The third-order valence-corrected chi connectivity index (χ3v) is 3.66. The molecule has 1 fully saturated rings. The smallest absolute Gasteiger partial charge is 0.260 e. The highest BCUT2D eigenvalue weighted by Crippen LogP contribution is 2.19. The van der Waals surface area contributed by atoms with Crippen LogP contribution in [-0.2, 0) is 4.79 Å². The summed E-state index contributed by atoms with van der Waals surface area (Å²) in [5, 5.41) is 9.33. The number of carbonyl (C=O) groups is 1. The molecule has 2 rings (SSSR count). The number of benzene rings is 1. The van der Waals surface area contributed by atoms with Crippen molar-refractivity contribution < 1.29 is 19.4 Å². The Morgan fingerprint density at radius 2 is 1.90 bits per heavy atom. The molecule has 0 bridgehead atoms. The van der Waals surface area contributed by atoms with Gasteiger partial charge in [0.05, 0.1) is 19.3 Å². The largest absolute Gasteiger partial charge is 0.494 e. The molecule has 0 aliphatic carbocycles. The number of nitrogens with zero attached hydrogens (tertiary/aromatic N) is 1. The van der Waals surface area contributed by atoms with E-state index in [1.165, 1.54) is 0 Å². The Bertz CT molecular complexity index is 446. The number of hydrogen-bond donors (Lipinski definition) is 1. The van der Waals surface area contributed by atoms with Gasteiger partial charge in [0.25, 0.3) is 5.91 Å². The number of aliphatic hydroxyl groups excluding tert-OH is 1. The van der Waals surface area contributed by atoms with Crippen LogP contribution >= 0.6 is 0 Å². The van der Waals surface area contributed by atoms with Gasteiger partial charge < -0.3 is 19.5 Å². The minimum absolute atomic E-state index is 0.00445. The summed E-state index contributed by atoms with van der Waals surface area (Å²) in [6.07, 6.45) is 2.92. The molecule has 1 heterocycles. The molecule has 1 aromatic rings. The van der Waals surface area contributed by atoms with E-state index in [-0.39, 0.29) is 25.2 Å². The van der Waals surface area contributed by atoms with Gasteiger partial charge in [-0.1, -0.05) is 0 Å². The average Bonchev–Trinajstić information content (AvgIpc) is 2.54. The molecule has 1 aliphatic rings. The number of amides is 1. The lowest BCUT2D eigenvalue weighted by Gasteiger charge is -2.34. The second-order valence-corrected chi connectivity index (χ2v) is 5.11. The number of ether oxygens (including phenoxy) is 2. The summed E-state index contributed by atoms with van der Waals surface area (Å²) in [5.74, 6) is 1.36. The topological polar surface area (TPSA) is 59.0 Å². The van der Waals surface area contributed by atoms with Crippen molar-refractivity contribution in [3.63, 3.8) is 0 Å². The van der Waals surface area contributed by atoms with Crippen LogP contribution < -0.4 is 9.47 Å². The highest BCUT2D eigenvalue weighted by Gasteiger charge is 2.26. The number of piperidine rings is 1. The van der Waals surface area contributed by atoms with Crippen molar-refractivity contribution in [3.05, 3.63) is 24.3 Å². The predicted octanol–water partition coefficient (Wildman–Crippen LogP) is 1.84. The second kappa shape index (κ2) is 7.88. The molecule has 0 radical (unpaired) electrons. The number of rotatable bonds is 6. The molecular formula is C16H23NO4. The van der Waals surface area contributed by atoms with Crippen molar-refractivity contribution in [1.82, 2.24) is 4.90 Å². The van der Waals surface area contributed by atoms with E-state index in [1.54, 1.807) is 17.0 Å². The van der Waals surface area contributed by atoms with Crippen LogP contribution in [0.3, 0.4) is 0 Å². The molecule has 1 aliphatic heterocycles. The van der Waals surface area contributed by atoms with Crippen LogP contribution in [0.4, 0.5) is 0 Å². The van der Waals surface area contributed by atoms with Gasteiger partial charge in [-0.25, -0.2) is 0 Å². The van der Waals surface area contributed by atoms with Gasteiger partial charge in [-0.05, 0) is 50.5 Å². The zero-order valence-corrected chi connectivity index (χ0v) is 12.5. The lowest BCUT2D eigenvalue weighted by atomic mass is 10.0. The molecule has 1 aromatic carbocycles. The SMILES string of the molecule is CCOc1ccc(OCC(=O)N2CCCCC2CO)cc1. The summed E-state index contributed by atoms with van der Waals surface area (Å²) >= 11 is 0. The van der Waals surface area contributed by atoms with Crippen molar-refractivity contribution >= 4 is 5.91 Å². The van der Waals surface area contributed by atoms with Gasteiger partial charge in [-0.15, -0.1) is 0 Å². The van der Waals surface area contributed by atoms with Crippen molar-refractivity contribution in [2.75, 3.05) is 26.4 Å². The predicted molar refractivity (Wildman–Crippen MR) is 79.5 cm³/mol. The van der Waals surface area contributed by atoms with Gasteiger partial charge in [0.2, 0.25) is 0 Å². The van der Waals surface area contributed by atoms with Crippen molar-refractivity contribution in [2.24, 2.45) is 0 Å². The fourth-order valence-electron chi connectivity index (χ4n) is 2.55. The summed E-state index contributed by atoms with van der Waals surface area (Å²) in [6.45, 7) is 3.28. The first-order valence-electron chi connectivity index (χ1n) is 7.50. The van der Waals surface area contributed by atoms with Crippen molar-refractivity contribution in [1.29, 1.82) is 0 Å². The molecule has 5 heteroatoms. The first kappa shape index (κ1) is 15.6. The van der Waals surface area contributed by atoms with Gasteiger partial charge in [0.1, 0.15) is 11.5 Å². The monoisotopic (exact) mass is 293 g/mol. The Morgan fingerprint density at radius 1 is 1.24 bits per heavy atom. The van der Waals surface area contributed by atoms with Crippen LogP contribution in [0.25, 0.3) is 0 Å². The minimum Gasteiger partial charge on any atom is -0.494 e. The Kier molecular flexibility index (Phi) is 5.87. The summed E-state index contributed by atoms with van der Waals surface area (Å²) in [5.41, 5.74) is 0. The molecule has 0 saturated carbocycles. The van der Waals surface area contributed by atoms with Crippen LogP contribution in [0, 0.1) is 0 Å². The standard InChI is InChI=1S/C16H23NO4/c1-2-20-14-6-8-15(9-7-14)21-12-16(19)17-10-4-3-5-13(17)11-18/h6-9,13,18H,2-5,10-12H2,1H3. The Morgan fingerprint density at radius 3 is 2.52 bits per heavy atom. The van der Waals surface area contributed by atoms with E-state index in [4.69, 9.17) is 9.47 Å². The quantitative estimate of drug-likeness (QED) is 0.869. The summed E-state index contributed by atoms with van der Waals surface area (Å²) in [6, 6.07) is 7.16. The molecule has 116 valence electrons. The first-order valence-corrected chi connectivity index (χ1v) is 7.50. The van der Waals surface area contributed by atoms with Crippen LogP contribution in [0.2, 0.25) is 0 Å². The van der Waals surface area contributed by atoms with Crippen molar-refractivity contribution in [3.8, 4) is 11.5 Å². The Hall–Kier alpha value is -1.75. The van der Waals surface area contributed by atoms with Gasteiger partial charge in [0, 0.05) is 6.54 Å². The summed E-state index contributed by atoms with van der Waals surface area (Å²) in [4.78, 5) is 13.9. The normalized spacial score (nSPS) is 18.4. The zero-order valence-electron chi connectivity index (χ0n) is 12.5. The molecule has 1 atom stereocenters. The second-order valence-electron chi connectivity index (χ2n) is 5.11. The average molecular weight is 293 g/mol. The lowest BCUT2D eigenvalue weighted by Crippen LogP contribution is -2.47. The number of hydrogen-bond acceptors (Lipinski definition) is 4. The number of likely N-dealkylation sites (tertiary alicyclic amines) is 1. The molecular weight excluding hydrogens is 270 g/mol. The molecule has 0 spiro atoms. The highest BCUT2D eigenvalue weighted by atomic mass is 16.5. The van der Waals surface area contributed by atoms with E-state index in [9.17, 15) is 9.90 Å². The Balaban J connectivity index is 1.85. The van der Waals surface area contributed by atoms with Crippen LogP contribution in [0.1, 0.15) is 26.2 Å². The van der Waals surface area contributed by atoms with E-state index < -0.39 is 0 Å². The molecule has 1 unspecified atom stereocenters. The molecule has 5 nitrogen and oxygen atoms in total. The molecule has 21 heavy (non-hydrogen) atoms. The van der Waals surface area contributed by atoms with Gasteiger partial charge in [-0.2, -0.15) is 0 Å². The first-order chi connectivity index (χ1) is 10.2. The lowest BCUT2D eigenvalue weighted by molar-refractivity contribution is -0.138. The van der Waals surface area contributed by atoms with Gasteiger partial charge in [-0.3, -0.25) is 4.79 Å². The molecule has 0 aromatic heterocycles. The van der Waals surface area contributed by atoms with E-state index in [0.717, 1.165) is 25.0 Å². The highest BCUT2D eigenvalue weighted by molar-refractivity contribution is 5.78. The Labute approximate surface area is 125 Å².